The van der Waals surface area contributed by atoms with Gasteiger partial charge in [0.1, 0.15) is 0 Å². The van der Waals surface area contributed by atoms with E-state index in [-0.39, 0.29) is 36.6 Å². The number of unbranched alkanes of at least 4 members (excludes halogenated alkanes) is 2. The molecule has 3 unspecified atom stereocenters. The monoisotopic (exact) mass is 514 g/mol. The molecule has 1 amide bonds. The summed E-state index contributed by atoms with van der Waals surface area (Å²) in [6.45, 7) is 15.2. The highest BCUT2D eigenvalue weighted by Crippen LogP contribution is 2.45. The number of allylic oxidation sites excluding steroid dienone is 2. The second-order valence-corrected chi connectivity index (χ2v) is 11.6. The highest BCUT2D eigenvalue weighted by atomic mass is 16.7. The normalized spacial score (nSPS) is 21.2. The second kappa shape index (κ2) is 12.8. The van der Waals surface area contributed by atoms with Gasteiger partial charge in [-0.05, 0) is 56.2 Å². The summed E-state index contributed by atoms with van der Waals surface area (Å²) in [7, 11) is 0. The predicted molar refractivity (Wildman–Crippen MR) is 146 cm³/mol. The molecule has 3 atom stereocenters. The molecule has 1 fully saturated rings. The fourth-order valence-corrected chi connectivity index (χ4v) is 5.94. The third-order valence-electron chi connectivity index (χ3n) is 7.53. The number of amides is 1. The molecule has 1 aromatic carbocycles. The van der Waals surface area contributed by atoms with E-state index in [1.165, 1.54) is 5.57 Å². The number of carboxylic acids is 1. The molecule has 1 N–H and O–H groups in total. The smallest absolute Gasteiger partial charge is 0.308 e. The maximum absolute atomic E-state index is 13.6. The van der Waals surface area contributed by atoms with Crippen LogP contribution in [0.1, 0.15) is 85.1 Å². The summed E-state index contributed by atoms with van der Waals surface area (Å²) < 4.78 is 11.1. The summed E-state index contributed by atoms with van der Waals surface area (Å²) >= 11 is 0. The topological polar surface area (TPSA) is 79.3 Å². The first kappa shape index (κ1) is 29.0. The number of nitrogens with zero attached hydrogens (tertiary/aromatic N) is 2. The molecule has 7 heteroatoms. The SMILES string of the molecule is CCCCN(CCCC)C(=O)CN1CC(c2ccc3c(c2)OCO3)C(C(=O)O)C1CC(C)(C)C=C(C)C. The molecule has 2 heterocycles. The van der Waals surface area contributed by atoms with Crippen LogP contribution in [-0.4, -0.2) is 65.8 Å². The molecule has 3 rings (SSSR count). The van der Waals surface area contributed by atoms with E-state index in [0.29, 0.717) is 24.5 Å². The van der Waals surface area contributed by atoms with E-state index in [1.54, 1.807) is 0 Å². The third-order valence-corrected chi connectivity index (χ3v) is 7.53. The van der Waals surface area contributed by atoms with Gasteiger partial charge in [0.2, 0.25) is 12.7 Å². The van der Waals surface area contributed by atoms with Gasteiger partial charge in [-0.25, -0.2) is 0 Å². The zero-order valence-corrected chi connectivity index (χ0v) is 23.6. The lowest BCUT2D eigenvalue weighted by molar-refractivity contribution is -0.144. The van der Waals surface area contributed by atoms with Crippen LogP contribution in [0, 0.1) is 11.3 Å². The molecule has 206 valence electrons. The fourth-order valence-electron chi connectivity index (χ4n) is 5.94. The summed E-state index contributed by atoms with van der Waals surface area (Å²) in [6.07, 6.45) is 6.90. The molecule has 7 nitrogen and oxygen atoms in total. The minimum absolute atomic E-state index is 0.0994. The van der Waals surface area contributed by atoms with E-state index in [2.05, 4.69) is 52.5 Å². The van der Waals surface area contributed by atoms with Crippen molar-refractivity contribution in [2.24, 2.45) is 11.3 Å². The second-order valence-electron chi connectivity index (χ2n) is 11.6. The summed E-state index contributed by atoms with van der Waals surface area (Å²) in [5.74, 6) is -0.246. The Hall–Kier alpha value is -2.54. The van der Waals surface area contributed by atoms with E-state index < -0.39 is 11.9 Å². The predicted octanol–water partition coefficient (Wildman–Crippen LogP) is 5.70. The summed E-state index contributed by atoms with van der Waals surface area (Å²) in [5, 5.41) is 10.5. The van der Waals surface area contributed by atoms with Crippen molar-refractivity contribution in [3.05, 3.63) is 35.4 Å². The Labute approximate surface area is 222 Å². The van der Waals surface area contributed by atoms with Gasteiger partial charge in [0.25, 0.3) is 0 Å². The maximum Gasteiger partial charge on any atom is 0.308 e. The van der Waals surface area contributed by atoms with Gasteiger partial charge < -0.3 is 19.5 Å². The number of hydrogen-bond acceptors (Lipinski definition) is 5. The minimum atomic E-state index is -0.815. The van der Waals surface area contributed by atoms with Gasteiger partial charge in [0.05, 0.1) is 12.5 Å². The lowest BCUT2D eigenvalue weighted by atomic mass is 9.77. The van der Waals surface area contributed by atoms with Crippen LogP contribution in [-0.2, 0) is 9.59 Å². The van der Waals surface area contributed by atoms with Crippen LogP contribution < -0.4 is 9.47 Å². The number of likely N-dealkylation sites (tertiary alicyclic amines) is 1. The van der Waals surface area contributed by atoms with Gasteiger partial charge in [0.15, 0.2) is 11.5 Å². The first-order chi connectivity index (χ1) is 17.6. The molecule has 0 radical (unpaired) electrons. The Morgan fingerprint density at radius 2 is 1.76 bits per heavy atom. The van der Waals surface area contributed by atoms with Crippen LogP contribution in [0.4, 0.5) is 0 Å². The van der Waals surface area contributed by atoms with E-state index in [9.17, 15) is 14.7 Å². The molecule has 0 aliphatic carbocycles. The van der Waals surface area contributed by atoms with Gasteiger partial charge in [-0.1, -0.05) is 58.3 Å². The Balaban J connectivity index is 1.93. The Bertz CT molecular complexity index is 961. The Morgan fingerprint density at radius 3 is 2.35 bits per heavy atom. The lowest BCUT2D eigenvalue weighted by Crippen LogP contribution is -2.45. The van der Waals surface area contributed by atoms with Gasteiger partial charge in [0, 0.05) is 31.6 Å². The van der Waals surface area contributed by atoms with Crippen molar-refractivity contribution < 1.29 is 24.2 Å². The number of carbonyl (C=O) groups excluding carboxylic acids is 1. The Kier molecular flexibility index (Phi) is 10.0. The van der Waals surface area contributed by atoms with Crippen LogP contribution in [0.2, 0.25) is 0 Å². The van der Waals surface area contributed by atoms with Crippen molar-refractivity contribution in [2.45, 2.75) is 85.6 Å². The van der Waals surface area contributed by atoms with Crippen LogP contribution in [0.15, 0.2) is 29.8 Å². The molecule has 2 aliphatic rings. The average molecular weight is 515 g/mol. The first-order valence-electron chi connectivity index (χ1n) is 13.9. The quantitative estimate of drug-likeness (QED) is 0.341. The van der Waals surface area contributed by atoms with Crippen molar-refractivity contribution in [1.82, 2.24) is 9.80 Å². The number of benzene rings is 1. The minimum Gasteiger partial charge on any atom is -0.481 e. The largest absolute Gasteiger partial charge is 0.481 e. The molecule has 0 bridgehead atoms. The zero-order valence-electron chi connectivity index (χ0n) is 23.6. The van der Waals surface area contributed by atoms with E-state index in [4.69, 9.17) is 9.47 Å². The van der Waals surface area contributed by atoms with Crippen LogP contribution >= 0.6 is 0 Å². The summed E-state index contributed by atoms with van der Waals surface area (Å²) in [5.41, 5.74) is 1.92. The molecule has 1 aromatic rings. The molecule has 2 aliphatic heterocycles. The standard InChI is InChI=1S/C30H46N2O5/c1-7-9-13-31(14-10-8-2)27(33)19-32-18-23(22-11-12-25-26(15-22)37-20-36-25)28(29(34)35)24(32)17-30(5,6)16-21(3)4/h11-12,15-16,23-24,28H,7-10,13-14,17-20H2,1-6H3,(H,34,35). The number of carboxylic acid groups (broad SMARTS) is 1. The number of carbonyl (C=O) groups is 2. The van der Waals surface area contributed by atoms with Gasteiger partial charge in [-0.2, -0.15) is 0 Å². The fraction of sp³-hybridized carbons (Fsp3) is 0.667. The van der Waals surface area contributed by atoms with Gasteiger partial charge in [-0.15, -0.1) is 0 Å². The van der Waals surface area contributed by atoms with Crippen molar-refractivity contribution in [3.8, 4) is 11.5 Å². The zero-order chi connectivity index (χ0) is 27.2. The highest BCUT2D eigenvalue weighted by molar-refractivity contribution is 5.79. The molecule has 0 saturated carbocycles. The van der Waals surface area contributed by atoms with Crippen molar-refractivity contribution in [3.63, 3.8) is 0 Å². The molecular weight excluding hydrogens is 468 g/mol. The lowest BCUT2D eigenvalue weighted by Gasteiger charge is -2.34. The number of rotatable bonds is 13. The van der Waals surface area contributed by atoms with Crippen LogP contribution in [0.25, 0.3) is 0 Å². The van der Waals surface area contributed by atoms with Crippen molar-refractivity contribution in [2.75, 3.05) is 33.0 Å². The molecule has 37 heavy (non-hydrogen) atoms. The van der Waals surface area contributed by atoms with Crippen molar-refractivity contribution in [1.29, 1.82) is 0 Å². The van der Waals surface area contributed by atoms with Gasteiger partial charge >= 0.3 is 5.97 Å². The molecule has 0 spiro atoms. The molecular formula is C30H46N2O5. The first-order valence-corrected chi connectivity index (χ1v) is 13.9. The molecule has 1 saturated heterocycles. The summed E-state index contributed by atoms with van der Waals surface area (Å²) in [6, 6.07) is 5.47. The molecule has 0 aromatic heterocycles. The highest BCUT2D eigenvalue weighted by Gasteiger charge is 2.48. The third kappa shape index (κ3) is 7.50. The van der Waals surface area contributed by atoms with E-state index in [1.807, 2.05) is 23.1 Å². The number of fused-ring (bicyclic) bond motifs is 1. The van der Waals surface area contributed by atoms with Crippen molar-refractivity contribution >= 4 is 11.9 Å². The number of ether oxygens (including phenoxy) is 2. The average Bonchev–Trinajstić information content (AvgIpc) is 3.42. The van der Waals surface area contributed by atoms with E-state index in [0.717, 1.165) is 44.3 Å². The van der Waals surface area contributed by atoms with Crippen LogP contribution in [0.5, 0.6) is 11.5 Å². The Morgan fingerprint density at radius 1 is 1.11 bits per heavy atom. The number of aliphatic carboxylic acids is 1. The number of hydrogen-bond donors (Lipinski definition) is 1. The summed E-state index contributed by atoms with van der Waals surface area (Å²) in [4.78, 5) is 30.5. The van der Waals surface area contributed by atoms with Crippen LogP contribution in [0.3, 0.4) is 0 Å². The van der Waals surface area contributed by atoms with E-state index >= 15 is 0 Å². The maximum atomic E-state index is 13.6. The van der Waals surface area contributed by atoms with Gasteiger partial charge in [-0.3, -0.25) is 14.5 Å².